The molecule has 0 atom stereocenters. The summed E-state index contributed by atoms with van der Waals surface area (Å²) in [6, 6.07) is 1.86. The Morgan fingerprint density at radius 2 is 1.85 bits per heavy atom. The number of hydrogen-bond donors (Lipinski definition) is 1. The lowest BCUT2D eigenvalue weighted by atomic mass is 10.0. The summed E-state index contributed by atoms with van der Waals surface area (Å²) in [5.74, 6) is -1.68. The van der Waals surface area contributed by atoms with E-state index in [1.165, 1.54) is 19.2 Å². The van der Waals surface area contributed by atoms with E-state index in [0.717, 1.165) is 6.20 Å². The number of carbonyl (C=O) groups is 1. The van der Waals surface area contributed by atoms with Crippen molar-refractivity contribution in [3.8, 4) is 0 Å². The molecule has 0 aliphatic rings. The van der Waals surface area contributed by atoms with Crippen LogP contribution in [-0.4, -0.2) is 35.2 Å². The highest BCUT2D eigenvalue weighted by Gasteiger charge is 2.33. The largest absolute Gasteiger partial charge is 0.478 e. The third-order valence-electron chi connectivity index (χ3n) is 3.75. The number of hydrogen-bond acceptors (Lipinski definition) is 5. The summed E-state index contributed by atoms with van der Waals surface area (Å²) in [7, 11) is -3.58. The quantitative estimate of drug-likeness (QED) is 0.699. The van der Waals surface area contributed by atoms with Crippen molar-refractivity contribution in [1.29, 1.82) is 0 Å². The van der Waals surface area contributed by atoms with Gasteiger partial charge in [0.25, 0.3) is 0 Å². The first-order valence-corrected chi connectivity index (χ1v) is 10.1. The maximum atomic E-state index is 12.7. The van der Waals surface area contributed by atoms with Crippen LogP contribution in [-0.2, 0) is 28.9 Å². The second-order valence-electron chi connectivity index (χ2n) is 5.53. The number of alkyl halides is 3. The average molecular weight is 467 g/mol. The highest BCUT2D eigenvalue weighted by Crippen LogP contribution is 2.29. The van der Waals surface area contributed by atoms with Crippen LogP contribution >= 0.6 is 15.9 Å². The molecule has 0 saturated carbocycles. The number of carboxylic acids is 1. The van der Waals surface area contributed by atoms with E-state index in [2.05, 4.69) is 25.9 Å². The van der Waals surface area contributed by atoms with Gasteiger partial charge in [-0.15, -0.1) is 0 Å². The molecule has 0 spiro atoms. The summed E-state index contributed by atoms with van der Waals surface area (Å²) in [5.41, 5.74) is -1.58. The fourth-order valence-electron chi connectivity index (χ4n) is 2.35. The molecule has 27 heavy (non-hydrogen) atoms. The van der Waals surface area contributed by atoms with Gasteiger partial charge in [0, 0.05) is 16.9 Å². The monoisotopic (exact) mass is 466 g/mol. The zero-order valence-corrected chi connectivity index (χ0v) is 16.3. The van der Waals surface area contributed by atoms with Crippen LogP contribution < -0.4 is 0 Å². The summed E-state index contributed by atoms with van der Waals surface area (Å²) in [6.45, 7) is 1.47. The van der Waals surface area contributed by atoms with Gasteiger partial charge in [-0.25, -0.2) is 13.2 Å². The van der Waals surface area contributed by atoms with E-state index in [1.807, 2.05) is 0 Å². The molecule has 2 heterocycles. The molecule has 0 fully saturated rings. The van der Waals surface area contributed by atoms with Crippen molar-refractivity contribution in [3.05, 3.63) is 51.5 Å². The van der Waals surface area contributed by atoms with Crippen molar-refractivity contribution < 1.29 is 31.5 Å². The van der Waals surface area contributed by atoms with E-state index < -0.39 is 33.2 Å². The van der Waals surface area contributed by atoms with Gasteiger partial charge in [0.05, 0.1) is 21.9 Å². The van der Waals surface area contributed by atoms with E-state index in [1.54, 1.807) is 0 Å². The normalized spacial score (nSPS) is 12.2. The highest BCUT2D eigenvalue weighted by atomic mass is 79.9. The SMILES string of the molecule is CCS(=O)(=O)c1cc(Br)cnc1CCc1cnc(C(F)(F)F)cc1C(=O)O. The standard InChI is InChI=1S/C16H14BrF3N2O4S/c1-2-27(25,26)13-5-10(17)8-21-12(13)4-3-9-7-22-14(16(18,19)20)6-11(9)15(23)24/h5-8H,2-4H2,1H3,(H,23,24). The lowest BCUT2D eigenvalue weighted by Crippen LogP contribution is -2.14. The summed E-state index contributed by atoms with van der Waals surface area (Å²) >= 11 is 3.15. The van der Waals surface area contributed by atoms with Gasteiger partial charge in [0.15, 0.2) is 9.84 Å². The van der Waals surface area contributed by atoms with Crippen LogP contribution in [0.3, 0.4) is 0 Å². The molecule has 0 amide bonds. The van der Waals surface area contributed by atoms with Crippen LogP contribution in [0.4, 0.5) is 13.2 Å². The van der Waals surface area contributed by atoms with E-state index in [9.17, 15) is 31.5 Å². The topological polar surface area (TPSA) is 97.2 Å². The molecule has 2 aromatic heterocycles. The van der Waals surface area contributed by atoms with Crippen LogP contribution in [0.5, 0.6) is 0 Å². The van der Waals surface area contributed by atoms with Crippen molar-refractivity contribution in [2.75, 3.05) is 5.75 Å². The van der Waals surface area contributed by atoms with Gasteiger partial charge in [0.2, 0.25) is 0 Å². The van der Waals surface area contributed by atoms with E-state index >= 15 is 0 Å². The molecule has 2 aromatic rings. The molecule has 2 rings (SSSR count). The molecule has 146 valence electrons. The zero-order chi connectivity index (χ0) is 20.4. The van der Waals surface area contributed by atoms with Gasteiger partial charge in [-0.05, 0) is 46.5 Å². The molecule has 1 N–H and O–H groups in total. The first-order chi connectivity index (χ1) is 12.5. The Kier molecular flexibility index (Phi) is 6.25. The number of rotatable bonds is 6. The van der Waals surface area contributed by atoms with E-state index in [4.69, 9.17) is 0 Å². The molecular weight excluding hydrogens is 453 g/mol. The number of aromatic carboxylic acids is 1. The van der Waals surface area contributed by atoms with Gasteiger partial charge < -0.3 is 5.11 Å². The number of carboxylic acid groups (broad SMARTS) is 1. The highest BCUT2D eigenvalue weighted by molar-refractivity contribution is 9.10. The van der Waals surface area contributed by atoms with Crippen molar-refractivity contribution in [2.24, 2.45) is 0 Å². The summed E-state index contributed by atoms with van der Waals surface area (Å²) in [4.78, 5) is 18.7. The molecule has 0 aliphatic heterocycles. The average Bonchev–Trinajstić information content (AvgIpc) is 2.59. The van der Waals surface area contributed by atoms with Crippen LogP contribution in [0.25, 0.3) is 0 Å². The second kappa shape index (κ2) is 7.93. The Morgan fingerprint density at radius 3 is 2.41 bits per heavy atom. The van der Waals surface area contributed by atoms with Gasteiger partial charge in [0.1, 0.15) is 5.69 Å². The predicted molar refractivity (Wildman–Crippen MR) is 93.3 cm³/mol. The second-order valence-corrected chi connectivity index (χ2v) is 8.69. The third-order valence-corrected chi connectivity index (χ3v) is 5.97. The third kappa shape index (κ3) is 5.04. The predicted octanol–water partition coefficient (Wildman–Crippen LogP) is 3.53. The fraction of sp³-hybridized carbons (Fsp3) is 0.312. The molecule has 0 saturated heterocycles. The maximum Gasteiger partial charge on any atom is 0.433 e. The molecule has 0 aromatic carbocycles. The van der Waals surface area contributed by atoms with Crippen LogP contribution in [0, 0.1) is 0 Å². The first-order valence-electron chi connectivity index (χ1n) is 7.62. The lowest BCUT2D eigenvalue weighted by Gasteiger charge is -2.12. The number of sulfone groups is 1. The van der Waals surface area contributed by atoms with E-state index in [0.29, 0.717) is 10.5 Å². The number of aromatic nitrogens is 2. The number of pyridine rings is 2. The maximum absolute atomic E-state index is 12.7. The first kappa shape index (κ1) is 21.3. The Bertz CT molecular complexity index is 978. The molecule has 0 aliphatic carbocycles. The minimum absolute atomic E-state index is 0.00359. The van der Waals surface area contributed by atoms with Crippen molar-refractivity contribution in [2.45, 2.75) is 30.8 Å². The van der Waals surface area contributed by atoms with Gasteiger partial charge >= 0.3 is 12.1 Å². The Morgan fingerprint density at radius 1 is 1.19 bits per heavy atom. The molecular formula is C16H14BrF3N2O4S. The molecule has 0 bridgehead atoms. The van der Waals surface area contributed by atoms with Crippen LogP contribution in [0.2, 0.25) is 0 Å². The Hall–Kier alpha value is -2.01. The number of aryl methyl sites for hydroxylation is 2. The minimum Gasteiger partial charge on any atom is -0.478 e. The molecule has 0 unspecified atom stereocenters. The summed E-state index contributed by atoms with van der Waals surface area (Å²) < 4.78 is 63.1. The van der Waals surface area contributed by atoms with Gasteiger partial charge in [-0.3, -0.25) is 9.97 Å². The number of halogens is 4. The van der Waals surface area contributed by atoms with Crippen LogP contribution in [0.1, 0.15) is 34.2 Å². The summed E-state index contributed by atoms with van der Waals surface area (Å²) in [5, 5.41) is 9.20. The summed E-state index contributed by atoms with van der Waals surface area (Å²) in [6.07, 6.45) is -2.53. The van der Waals surface area contributed by atoms with E-state index in [-0.39, 0.29) is 34.7 Å². The van der Waals surface area contributed by atoms with Crippen LogP contribution in [0.15, 0.2) is 33.9 Å². The number of nitrogens with zero attached hydrogens (tertiary/aromatic N) is 2. The molecule has 6 nitrogen and oxygen atoms in total. The molecule has 0 radical (unpaired) electrons. The zero-order valence-electron chi connectivity index (χ0n) is 13.9. The van der Waals surface area contributed by atoms with Crippen molar-refractivity contribution in [3.63, 3.8) is 0 Å². The Balaban J connectivity index is 2.39. The lowest BCUT2D eigenvalue weighted by molar-refractivity contribution is -0.141. The smallest absolute Gasteiger partial charge is 0.433 e. The van der Waals surface area contributed by atoms with Gasteiger partial charge in [-0.2, -0.15) is 13.2 Å². The van der Waals surface area contributed by atoms with Crippen molar-refractivity contribution in [1.82, 2.24) is 9.97 Å². The van der Waals surface area contributed by atoms with Crippen molar-refractivity contribution >= 4 is 31.7 Å². The van der Waals surface area contributed by atoms with Gasteiger partial charge in [-0.1, -0.05) is 6.92 Å². The fourth-order valence-corrected chi connectivity index (χ4v) is 3.97. The minimum atomic E-state index is -4.77. The molecule has 11 heteroatoms. The Labute approximate surface area is 161 Å².